The zero-order chi connectivity index (χ0) is 11.9. The lowest BCUT2D eigenvalue weighted by Gasteiger charge is -2.44. The lowest BCUT2D eigenvalue weighted by molar-refractivity contribution is 0.0453. The van der Waals surface area contributed by atoms with Crippen molar-refractivity contribution in [2.24, 2.45) is 5.92 Å². The number of hydrogen-bond donors (Lipinski definition) is 0. The van der Waals surface area contributed by atoms with Gasteiger partial charge in [-0.2, -0.15) is 0 Å². The van der Waals surface area contributed by atoms with Crippen LogP contribution < -0.4 is 0 Å². The third-order valence-corrected chi connectivity index (χ3v) is 5.39. The molecule has 0 bridgehead atoms. The van der Waals surface area contributed by atoms with Crippen molar-refractivity contribution in [3.05, 3.63) is 41.0 Å². The number of benzene rings is 1. The van der Waals surface area contributed by atoms with E-state index in [2.05, 4.69) is 24.3 Å². The molecule has 3 aliphatic carbocycles. The van der Waals surface area contributed by atoms with Crippen LogP contribution in [0.4, 0.5) is 0 Å². The van der Waals surface area contributed by atoms with Crippen LogP contribution in [0.3, 0.4) is 0 Å². The van der Waals surface area contributed by atoms with Crippen LogP contribution in [0.15, 0.2) is 29.8 Å². The van der Waals surface area contributed by atoms with Gasteiger partial charge in [0.1, 0.15) is 0 Å². The fraction of sp³-hybridized carbons (Fsp3) is 0.500. The summed E-state index contributed by atoms with van der Waals surface area (Å²) in [5.74, 6) is 1.21. The molecule has 0 amide bonds. The van der Waals surface area contributed by atoms with E-state index in [9.17, 15) is 0 Å². The van der Waals surface area contributed by atoms with Crippen molar-refractivity contribution in [2.75, 3.05) is 13.7 Å². The Labute approximate surface area is 107 Å². The maximum absolute atomic E-state index is 5.92. The minimum absolute atomic E-state index is 0.00477. The van der Waals surface area contributed by atoms with Crippen LogP contribution in [-0.4, -0.2) is 25.4 Å². The molecule has 1 heterocycles. The first kappa shape index (κ1) is 9.76. The Morgan fingerprint density at radius 3 is 3.11 bits per heavy atom. The van der Waals surface area contributed by atoms with E-state index in [0.29, 0.717) is 17.9 Å². The van der Waals surface area contributed by atoms with E-state index >= 15 is 0 Å². The van der Waals surface area contributed by atoms with Crippen molar-refractivity contribution in [3.8, 4) is 0 Å². The molecule has 0 spiro atoms. The van der Waals surface area contributed by atoms with Gasteiger partial charge in [-0.25, -0.2) is 0 Å². The van der Waals surface area contributed by atoms with Crippen molar-refractivity contribution in [1.29, 1.82) is 0 Å². The summed E-state index contributed by atoms with van der Waals surface area (Å²) >= 11 is 0. The first-order chi connectivity index (χ1) is 8.87. The van der Waals surface area contributed by atoms with Gasteiger partial charge >= 0.3 is 0 Å². The minimum Gasteiger partial charge on any atom is -0.373 e. The molecule has 0 aromatic heterocycles. The highest BCUT2D eigenvalue weighted by Crippen LogP contribution is 2.70. The highest BCUT2D eigenvalue weighted by Gasteiger charge is 2.68. The van der Waals surface area contributed by atoms with Gasteiger partial charge in [-0.15, -0.1) is 0 Å². The average Bonchev–Trinajstić information content (AvgIpc) is 3.01. The summed E-state index contributed by atoms with van der Waals surface area (Å²) in [5, 5.41) is 0. The second-order valence-electron chi connectivity index (χ2n) is 5.95. The van der Waals surface area contributed by atoms with Gasteiger partial charge in [0.25, 0.3) is 0 Å². The predicted molar refractivity (Wildman–Crippen MR) is 68.3 cm³/mol. The second kappa shape index (κ2) is 2.89. The van der Waals surface area contributed by atoms with Crippen molar-refractivity contribution >= 4 is 5.57 Å². The Kier molecular flexibility index (Phi) is 1.57. The summed E-state index contributed by atoms with van der Waals surface area (Å²) in [7, 11) is 1.86. The van der Waals surface area contributed by atoms with E-state index < -0.39 is 0 Å². The largest absolute Gasteiger partial charge is 0.373 e. The molecule has 0 N–H and O–H groups in total. The van der Waals surface area contributed by atoms with Crippen LogP contribution in [-0.2, 0) is 9.47 Å². The average molecular weight is 240 g/mol. The van der Waals surface area contributed by atoms with E-state index in [0.717, 1.165) is 13.0 Å². The number of hydrogen-bond acceptors (Lipinski definition) is 2. The molecule has 1 aliphatic heterocycles. The summed E-state index contributed by atoms with van der Waals surface area (Å²) in [5.41, 5.74) is 6.02. The van der Waals surface area contributed by atoms with Crippen LogP contribution in [0.2, 0.25) is 0 Å². The molecule has 18 heavy (non-hydrogen) atoms. The van der Waals surface area contributed by atoms with E-state index in [-0.39, 0.29) is 5.60 Å². The predicted octanol–water partition coefficient (Wildman–Crippen LogP) is 2.75. The first-order valence-corrected chi connectivity index (χ1v) is 6.87. The van der Waals surface area contributed by atoms with Crippen LogP contribution in [0, 0.1) is 5.92 Å². The fourth-order valence-corrected chi connectivity index (χ4v) is 4.52. The van der Waals surface area contributed by atoms with Gasteiger partial charge in [0.2, 0.25) is 0 Å². The second-order valence-corrected chi connectivity index (χ2v) is 5.95. The first-order valence-electron chi connectivity index (χ1n) is 6.87. The monoisotopic (exact) mass is 240 g/mol. The van der Waals surface area contributed by atoms with Crippen LogP contribution in [0.25, 0.3) is 5.57 Å². The summed E-state index contributed by atoms with van der Waals surface area (Å²) in [6.45, 7) is 0.912. The lowest BCUT2D eigenvalue weighted by atomic mass is 9.64. The Balaban J connectivity index is 1.78. The van der Waals surface area contributed by atoms with Gasteiger partial charge in [0.15, 0.2) is 0 Å². The summed E-state index contributed by atoms with van der Waals surface area (Å²) < 4.78 is 11.8. The van der Waals surface area contributed by atoms with Crippen LogP contribution >= 0.6 is 0 Å². The Hall–Kier alpha value is -1.12. The number of ether oxygens (including phenoxy) is 2. The zero-order valence-corrected chi connectivity index (χ0v) is 10.5. The van der Waals surface area contributed by atoms with Crippen molar-refractivity contribution < 1.29 is 9.47 Å². The normalized spacial score (nSPS) is 42.6. The van der Waals surface area contributed by atoms with Gasteiger partial charge in [-0.05, 0) is 35.1 Å². The van der Waals surface area contributed by atoms with Gasteiger partial charge in [-0.1, -0.05) is 24.3 Å². The Bertz CT molecular complexity index is 589. The summed E-state index contributed by atoms with van der Waals surface area (Å²) in [4.78, 5) is 0. The molecule has 4 aliphatic rings. The van der Waals surface area contributed by atoms with E-state index in [1.165, 1.54) is 23.1 Å². The Morgan fingerprint density at radius 2 is 2.22 bits per heavy atom. The highest BCUT2D eigenvalue weighted by atomic mass is 16.5. The standard InChI is InChI=1S/C16H16O2/c1-17-16-8-12(16)9-4-2-3-5-10(9)13-11-6-7-18-15(11)14(13)16/h2-5,11-12,15H,6-8H2,1H3/t11-,12+,15-,16-/m1/s1. The maximum Gasteiger partial charge on any atom is 0.0995 e. The molecule has 2 heteroatoms. The highest BCUT2D eigenvalue weighted by molar-refractivity contribution is 5.87. The zero-order valence-electron chi connectivity index (χ0n) is 10.5. The molecule has 0 radical (unpaired) electrons. The van der Waals surface area contributed by atoms with Gasteiger partial charge in [0, 0.05) is 25.6 Å². The fourth-order valence-electron chi connectivity index (χ4n) is 4.52. The molecule has 0 unspecified atom stereocenters. The molecule has 1 saturated carbocycles. The number of fused-ring (bicyclic) bond motifs is 8. The topological polar surface area (TPSA) is 18.5 Å². The maximum atomic E-state index is 5.92. The van der Waals surface area contributed by atoms with Crippen LogP contribution in [0.5, 0.6) is 0 Å². The van der Waals surface area contributed by atoms with Gasteiger partial charge in [-0.3, -0.25) is 0 Å². The summed E-state index contributed by atoms with van der Waals surface area (Å²) in [6.07, 6.45) is 2.69. The SMILES string of the molecule is CO[C@]12C[C@H]1c1ccccc1C1=C2[C@@H]2OCC[C@H]12. The Morgan fingerprint density at radius 1 is 1.33 bits per heavy atom. The van der Waals surface area contributed by atoms with Crippen LogP contribution in [0.1, 0.15) is 29.9 Å². The van der Waals surface area contributed by atoms with Crippen molar-refractivity contribution in [3.63, 3.8) is 0 Å². The van der Waals surface area contributed by atoms with Gasteiger partial charge in [0.05, 0.1) is 11.7 Å². The third-order valence-electron chi connectivity index (χ3n) is 5.39. The molecule has 4 atom stereocenters. The smallest absolute Gasteiger partial charge is 0.0995 e. The molecule has 92 valence electrons. The summed E-state index contributed by atoms with van der Waals surface area (Å²) in [6, 6.07) is 8.89. The molecule has 1 saturated heterocycles. The van der Waals surface area contributed by atoms with Crippen molar-refractivity contribution in [1.82, 2.24) is 0 Å². The number of rotatable bonds is 1. The molecule has 1 aromatic carbocycles. The van der Waals surface area contributed by atoms with E-state index in [4.69, 9.17) is 9.47 Å². The number of methoxy groups -OCH3 is 1. The third kappa shape index (κ3) is 0.856. The quantitative estimate of drug-likeness (QED) is 0.703. The van der Waals surface area contributed by atoms with Crippen molar-refractivity contribution in [2.45, 2.75) is 30.5 Å². The molecule has 2 nitrogen and oxygen atoms in total. The molecule has 5 rings (SSSR count). The molecular weight excluding hydrogens is 224 g/mol. The van der Waals surface area contributed by atoms with E-state index in [1.807, 2.05) is 7.11 Å². The molecule has 2 fully saturated rings. The molecular formula is C16H16O2. The van der Waals surface area contributed by atoms with Gasteiger partial charge < -0.3 is 9.47 Å². The minimum atomic E-state index is -0.00477. The molecule has 1 aromatic rings. The lowest BCUT2D eigenvalue weighted by Crippen LogP contribution is -2.43. The van der Waals surface area contributed by atoms with E-state index in [1.54, 1.807) is 5.57 Å².